The van der Waals surface area contributed by atoms with Gasteiger partial charge in [-0.25, -0.2) is 4.98 Å². The summed E-state index contributed by atoms with van der Waals surface area (Å²) >= 11 is 0. The fourth-order valence-corrected chi connectivity index (χ4v) is 3.47. The third-order valence-electron chi connectivity index (χ3n) is 5.12. The van der Waals surface area contributed by atoms with E-state index in [1.165, 1.54) is 5.56 Å². The highest BCUT2D eigenvalue weighted by Crippen LogP contribution is 2.36. The van der Waals surface area contributed by atoms with Gasteiger partial charge in [-0.2, -0.15) is 0 Å². The zero-order valence-electron chi connectivity index (χ0n) is 16.4. The first kappa shape index (κ1) is 19.4. The van der Waals surface area contributed by atoms with Crippen LogP contribution in [0.25, 0.3) is 0 Å². The fourth-order valence-electron chi connectivity index (χ4n) is 3.47. The Balaban J connectivity index is 1.83. The van der Waals surface area contributed by atoms with Crippen LogP contribution in [0.15, 0.2) is 36.5 Å². The quantitative estimate of drug-likeness (QED) is 0.831. The standard InChI is InChI=1S/C22H28N2O3/c1-4-11-27-20-17(3)14-19(15-23-20)24-21(25)22(9-12-26-13-10-22)18-7-5-16(2)6-8-18/h5-8,14-15H,4,9-13H2,1-3H3,(H,24,25). The number of aryl methyl sites for hydroxylation is 2. The second-order valence-corrected chi connectivity index (χ2v) is 7.21. The van der Waals surface area contributed by atoms with E-state index in [2.05, 4.69) is 48.4 Å². The molecular weight excluding hydrogens is 340 g/mol. The number of hydrogen-bond acceptors (Lipinski definition) is 4. The number of rotatable bonds is 6. The SMILES string of the molecule is CCCOc1ncc(NC(=O)C2(c3ccc(C)cc3)CCOCC2)cc1C. The predicted octanol–water partition coefficient (Wildman–Crippen LogP) is 4.17. The molecule has 3 rings (SSSR count). The average Bonchev–Trinajstić information content (AvgIpc) is 2.68. The van der Waals surface area contributed by atoms with Crippen LogP contribution >= 0.6 is 0 Å². The van der Waals surface area contributed by atoms with Crippen LogP contribution in [-0.4, -0.2) is 30.7 Å². The molecule has 1 aliphatic heterocycles. The molecule has 0 aliphatic carbocycles. The molecule has 0 bridgehead atoms. The molecule has 27 heavy (non-hydrogen) atoms. The van der Waals surface area contributed by atoms with Crippen molar-refractivity contribution >= 4 is 11.6 Å². The van der Waals surface area contributed by atoms with E-state index in [-0.39, 0.29) is 5.91 Å². The predicted molar refractivity (Wildman–Crippen MR) is 106 cm³/mol. The van der Waals surface area contributed by atoms with Gasteiger partial charge in [0.2, 0.25) is 11.8 Å². The van der Waals surface area contributed by atoms with Gasteiger partial charge in [0.1, 0.15) is 0 Å². The number of hydrogen-bond donors (Lipinski definition) is 1. The molecule has 5 heteroatoms. The number of benzene rings is 1. The van der Waals surface area contributed by atoms with Crippen molar-refractivity contribution < 1.29 is 14.3 Å². The number of pyridine rings is 1. The van der Waals surface area contributed by atoms with E-state index in [4.69, 9.17) is 9.47 Å². The maximum atomic E-state index is 13.3. The Morgan fingerprint density at radius 3 is 2.56 bits per heavy atom. The molecule has 1 saturated heterocycles. The van der Waals surface area contributed by atoms with Gasteiger partial charge in [0, 0.05) is 18.8 Å². The molecule has 1 amide bonds. The minimum atomic E-state index is -0.572. The summed E-state index contributed by atoms with van der Waals surface area (Å²) in [4.78, 5) is 17.7. The van der Waals surface area contributed by atoms with Gasteiger partial charge in [-0.15, -0.1) is 0 Å². The molecule has 0 atom stereocenters. The van der Waals surface area contributed by atoms with E-state index in [1.807, 2.05) is 13.0 Å². The lowest BCUT2D eigenvalue weighted by Gasteiger charge is -2.36. The molecule has 0 saturated carbocycles. The van der Waals surface area contributed by atoms with E-state index in [0.717, 1.165) is 17.5 Å². The molecule has 1 aromatic carbocycles. The summed E-state index contributed by atoms with van der Waals surface area (Å²) in [5.41, 5.74) is 3.26. The van der Waals surface area contributed by atoms with Gasteiger partial charge in [-0.3, -0.25) is 4.79 Å². The zero-order valence-corrected chi connectivity index (χ0v) is 16.4. The topological polar surface area (TPSA) is 60.5 Å². The first-order valence-corrected chi connectivity index (χ1v) is 9.61. The number of aromatic nitrogens is 1. The molecular formula is C22H28N2O3. The maximum Gasteiger partial charge on any atom is 0.235 e. The van der Waals surface area contributed by atoms with Gasteiger partial charge in [-0.1, -0.05) is 36.8 Å². The van der Waals surface area contributed by atoms with E-state index >= 15 is 0 Å². The first-order chi connectivity index (χ1) is 13.0. The van der Waals surface area contributed by atoms with Gasteiger partial charge < -0.3 is 14.8 Å². The van der Waals surface area contributed by atoms with Crippen molar-refractivity contribution in [3.63, 3.8) is 0 Å². The Labute approximate surface area is 161 Å². The van der Waals surface area contributed by atoms with Crippen LogP contribution in [0.2, 0.25) is 0 Å². The van der Waals surface area contributed by atoms with Crippen LogP contribution in [0, 0.1) is 13.8 Å². The lowest BCUT2D eigenvalue weighted by molar-refractivity contribution is -0.125. The molecule has 1 N–H and O–H groups in total. The summed E-state index contributed by atoms with van der Waals surface area (Å²) in [6.07, 6.45) is 3.94. The molecule has 144 valence electrons. The number of nitrogens with one attached hydrogen (secondary N) is 1. The van der Waals surface area contributed by atoms with Crippen molar-refractivity contribution in [1.29, 1.82) is 0 Å². The first-order valence-electron chi connectivity index (χ1n) is 9.61. The number of amides is 1. The van der Waals surface area contributed by atoms with Crippen LogP contribution in [0.4, 0.5) is 5.69 Å². The summed E-state index contributed by atoms with van der Waals surface area (Å²) in [6.45, 7) is 7.86. The lowest BCUT2D eigenvalue weighted by atomic mass is 9.73. The Morgan fingerprint density at radius 1 is 1.22 bits per heavy atom. The van der Waals surface area contributed by atoms with E-state index in [9.17, 15) is 4.79 Å². The van der Waals surface area contributed by atoms with Gasteiger partial charge >= 0.3 is 0 Å². The Bertz CT molecular complexity index is 781. The number of ether oxygens (including phenoxy) is 2. The molecule has 1 fully saturated rings. The number of anilines is 1. The van der Waals surface area contributed by atoms with Gasteiger partial charge in [-0.05, 0) is 44.7 Å². The second-order valence-electron chi connectivity index (χ2n) is 7.21. The lowest BCUT2D eigenvalue weighted by Crippen LogP contribution is -2.44. The summed E-state index contributed by atoms with van der Waals surface area (Å²) in [7, 11) is 0. The third-order valence-corrected chi connectivity index (χ3v) is 5.12. The van der Waals surface area contributed by atoms with Crippen LogP contribution < -0.4 is 10.1 Å². The van der Waals surface area contributed by atoms with Crippen LogP contribution in [-0.2, 0) is 14.9 Å². The summed E-state index contributed by atoms with van der Waals surface area (Å²) in [5, 5.41) is 3.08. The second kappa shape index (κ2) is 8.53. The number of nitrogens with zero attached hydrogens (tertiary/aromatic N) is 1. The summed E-state index contributed by atoms with van der Waals surface area (Å²) in [5.74, 6) is 0.618. The zero-order chi connectivity index (χ0) is 19.3. The van der Waals surface area contributed by atoms with Gasteiger partial charge in [0.15, 0.2) is 0 Å². The van der Waals surface area contributed by atoms with E-state index in [0.29, 0.717) is 44.2 Å². The van der Waals surface area contributed by atoms with Crippen molar-refractivity contribution in [3.05, 3.63) is 53.2 Å². The highest BCUT2D eigenvalue weighted by atomic mass is 16.5. The van der Waals surface area contributed by atoms with E-state index in [1.54, 1.807) is 6.20 Å². The fraction of sp³-hybridized carbons (Fsp3) is 0.455. The Kier molecular flexibility index (Phi) is 6.11. The molecule has 1 aromatic heterocycles. The normalized spacial score (nSPS) is 16.0. The van der Waals surface area contributed by atoms with Crippen molar-refractivity contribution in [3.8, 4) is 5.88 Å². The number of carbonyl (C=O) groups is 1. The molecule has 0 unspecified atom stereocenters. The van der Waals surface area contributed by atoms with Crippen molar-refractivity contribution in [2.24, 2.45) is 0 Å². The monoisotopic (exact) mass is 368 g/mol. The minimum Gasteiger partial charge on any atom is -0.477 e. The number of carbonyl (C=O) groups excluding carboxylic acids is 1. The molecule has 1 aliphatic rings. The van der Waals surface area contributed by atoms with Crippen LogP contribution in [0.5, 0.6) is 5.88 Å². The average molecular weight is 368 g/mol. The van der Waals surface area contributed by atoms with Gasteiger partial charge in [0.05, 0.1) is 23.9 Å². The largest absolute Gasteiger partial charge is 0.477 e. The minimum absolute atomic E-state index is 0.00178. The highest BCUT2D eigenvalue weighted by molar-refractivity contribution is 5.99. The maximum absolute atomic E-state index is 13.3. The smallest absolute Gasteiger partial charge is 0.235 e. The van der Waals surface area contributed by atoms with E-state index < -0.39 is 5.41 Å². The highest BCUT2D eigenvalue weighted by Gasteiger charge is 2.41. The molecule has 0 spiro atoms. The Morgan fingerprint density at radius 2 is 1.93 bits per heavy atom. The Hall–Kier alpha value is -2.40. The van der Waals surface area contributed by atoms with Crippen molar-refractivity contribution in [1.82, 2.24) is 4.98 Å². The van der Waals surface area contributed by atoms with Crippen molar-refractivity contribution in [2.75, 3.05) is 25.1 Å². The van der Waals surface area contributed by atoms with Crippen LogP contribution in [0.1, 0.15) is 42.9 Å². The third kappa shape index (κ3) is 4.30. The molecule has 0 radical (unpaired) electrons. The summed E-state index contributed by atoms with van der Waals surface area (Å²) in [6, 6.07) is 10.2. The molecule has 2 aromatic rings. The van der Waals surface area contributed by atoms with Crippen LogP contribution in [0.3, 0.4) is 0 Å². The summed E-state index contributed by atoms with van der Waals surface area (Å²) < 4.78 is 11.2. The molecule has 2 heterocycles. The van der Waals surface area contributed by atoms with Crippen molar-refractivity contribution in [2.45, 2.75) is 45.4 Å². The molecule has 5 nitrogen and oxygen atoms in total. The van der Waals surface area contributed by atoms with Gasteiger partial charge in [0.25, 0.3) is 0 Å².